The summed E-state index contributed by atoms with van der Waals surface area (Å²) in [6.45, 7) is 0.0273. The summed E-state index contributed by atoms with van der Waals surface area (Å²) in [5.41, 5.74) is 2.63. The minimum absolute atomic E-state index is 0.0273. The average Bonchev–Trinajstić information content (AvgIpc) is 3.12. The number of amides is 1. The molecule has 2 heterocycles. The van der Waals surface area contributed by atoms with Gasteiger partial charge in [-0.3, -0.25) is 9.48 Å². The fourth-order valence-electron chi connectivity index (χ4n) is 3.82. The highest BCUT2D eigenvalue weighted by Crippen LogP contribution is 2.41. The van der Waals surface area contributed by atoms with Crippen LogP contribution in [0.15, 0.2) is 30.1 Å². The largest absolute Gasteiger partial charge is 0.431 e. The van der Waals surface area contributed by atoms with Gasteiger partial charge in [-0.1, -0.05) is 12.2 Å². The molecule has 2 aliphatic rings. The van der Waals surface area contributed by atoms with Crippen LogP contribution < -0.4 is 10.6 Å². The van der Waals surface area contributed by atoms with Crippen molar-refractivity contribution < 1.29 is 31.9 Å². The molecule has 3 N–H and O–H groups in total. The van der Waals surface area contributed by atoms with Gasteiger partial charge in [-0.15, -0.1) is 0 Å². The Balaban J connectivity index is 2.03. The van der Waals surface area contributed by atoms with Gasteiger partial charge in [-0.25, -0.2) is 8.78 Å². The molecule has 1 aliphatic heterocycles. The van der Waals surface area contributed by atoms with Crippen molar-refractivity contribution in [3.05, 3.63) is 35.8 Å². The Hall–Kier alpha value is -2.43. The van der Waals surface area contributed by atoms with Crippen LogP contribution in [0.4, 0.5) is 27.6 Å². The molecule has 1 unspecified atom stereocenters. The zero-order chi connectivity index (χ0) is 21.3. The number of alkyl halides is 5. The van der Waals surface area contributed by atoms with E-state index < -0.39 is 41.6 Å². The Kier molecular flexibility index (Phi) is 5.97. The van der Waals surface area contributed by atoms with Gasteiger partial charge in [0.25, 0.3) is 6.43 Å². The van der Waals surface area contributed by atoms with E-state index in [2.05, 4.69) is 5.10 Å². The predicted octanol–water partition coefficient (Wildman–Crippen LogP) is 3.22. The van der Waals surface area contributed by atoms with Gasteiger partial charge < -0.3 is 15.7 Å². The molecule has 0 radical (unpaired) electrons. The quantitative estimate of drug-likeness (QED) is 0.717. The molecule has 160 valence electrons. The molecule has 29 heavy (non-hydrogen) atoms. The van der Waals surface area contributed by atoms with E-state index in [4.69, 9.17) is 5.73 Å². The molecule has 11 heteroatoms. The molecule has 1 saturated carbocycles. The maximum atomic E-state index is 13.7. The van der Waals surface area contributed by atoms with Crippen LogP contribution in [0.1, 0.15) is 43.8 Å². The van der Waals surface area contributed by atoms with Crippen LogP contribution in [-0.2, 0) is 4.79 Å². The van der Waals surface area contributed by atoms with Crippen LogP contribution in [0.2, 0.25) is 0 Å². The standard InChI is InChI=1S/C18H21F5N4O2/c19-16(20)15-13(8-26(25-15)11-6-4-10(9-28)5-7-11)27-12(17(24)29)2-1-3-14(27)18(21,22)23/h1-3,8,10-12,16,28H,4-7,9H2,(H2,24,29). The number of carbonyl (C=O) groups excluding carboxylic acids is 1. The van der Waals surface area contributed by atoms with E-state index in [1.807, 2.05) is 0 Å². The first-order valence-electron chi connectivity index (χ1n) is 9.15. The molecule has 3 rings (SSSR count). The van der Waals surface area contributed by atoms with Gasteiger partial charge in [0, 0.05) is 12.8 Å². The van der Waals surface area contributed by atoms with Crippen LogP contribution in [-0.4, -0.2) is 39.6 Å². The number of anilines is 1. The van der Waals surface area contributed by atoms with Gasteiger partial charge in [0.1, 0.15) is 11.7 Å². The fourth-order valence-corrected chi connectivity index (χ4v) is 3.82. The number of halogens is 5. The Morgan fingerprint density at radius 1 is 1.28 bits per heavy atom. The second-order valence-corrected chi connectivity index (χ2v) is 7.19. The number of nitrogens with two attached hydrogens (primary N) is 1. The van der Waals surface area contributed by atoms with Crippen molar-refractivity contribution in [1.29, 1.82) is 0 Å². The number of rotatable bonds is 5. The van der Waals surface area contributed by atoms with E-state index in [1.54, 1.807) is 0 Å². The van der Waals surface area contributed by atoms with Crippen LogP contribution in [0.5, 0.6) is 0 Å². The Labute approximate surface area is 163 Å². The third-order valence-corrected chi connectivity index (χ3v) is 5.32. The minimum Gasteiger partial charge on any atom is -0.396 e. The Bertz CT molecular complexity index is 810. The van der Waals surface area contributed by atoms with Gasteiger partial charge in [-0.2, -0.15) is 18.3 Å². The molecule has 6 nitrogen and oxygen atoms in total. The van der Waals surface area contributed by atoms with Crippen molar-refractivity contribution in [3.8, 4) is 0 Å². The summed E-state index contributed by atoms with van der Waals surface area (Å²) in [4.78, 5) is 12.2. The monoisotopic (exact) mass is 420 g/mol. The third-order valence-electron chi connectivity index (χ3n) is 5.32. The lowest BCUT2D eigenvalue weighted by atomic mass is 9.87. The molecule has 1 atom stereocenters. The summed E-state index contributed by atoms with van der Waals surface area (Å²) in [5, 5.41) is 13.1. The lowest BCUT2D eigenvalue weighted by molar-refractivity contribution is -0.119. The molecule has 1 fully saturated rings. The zero-order valence-electron chi connectivity index (χ0n) is 15.3. The molecular formula is C18H21F5N4O2. The lowest BCUT2D eigenvalue weighted by Crippen LogP contribution is -2.47. The molecule has 0 bridgehead atoms. The summed E-state index contributed by atoms with van der Waals surface area (Å²) in [7, 11) is 0. The van der Waals surface area contributed by atoms with Crippen LogP contribution in [0.25, 0.3) is 0 Å². The second kappa shape index (κ2) is 8.13. The molecule has 1 aromatic rings. The lowest BCUT2D eigenvalue weighted by Gasteiger charge is -2.34. The van der Waals surface area contributed by atoms with Crippen LogP contribution in [0.3, 0.4) is 0 Å². The van der Waals surface area contributed by atoms with E-state index in [0.717, 1.165) is 18.3 Å². The van der Waals surface area contributed by atoms with Crippen molar-refractivity contribution >= 4 is 11.6 Å². The summed E-state index contributed by atoms with van der Waals surface area (Å²) in [6, 6.07) is -1.85. The van der Waals surface area contributed by atoms with Gasteiger partial charge in [-0.05, 0) is 37.7 Å². The highest BCUT2D eigenvalue weighted by Gasteiger charge is 2.44. The molecule has 1 aliphatic carbocycles. The number of allylic oxidation sites excluding steroid dienone is 3. The first kappa shape index (κ1) is 21.3. The molecule has 0 spiro atoms. The van der Waals surface area contributed by atoms with Crippen molar-refractivity contribution in [2.24, 2.45) is 11.7 Å². The fraction of sp³-hybridized carbons (Fsp3) is 0.556. The first-order chi connectivity index (χ1) is 13.6. The highest BCUT2D eigenvalue weighted by molar-refractivity contribution is 5.88. The van der Waals surface area contributed by atoms with Gasteiger partial charge in [0.15, 0.2) is 5.69 Å². The van der Waals surface area contributed by atoms with Gasteiger partial charge in [0.05, 0.1) is 11.7 Å². The van der Waals surface area contributed by atoms with Crippen molar-refractivity contribution in [2.75, 3.05) is 11.5 Å². The zero-order valence-corrected chi connectivity index (χ0v) is 15.3. The summed E-state index contributed by atoms with van der Waals surface area (Å²) in [6.07, 6.45) is -1.64. The second-order valence-electron chi connectivity index (χ2n) is 7.19. The number of primary amides is 1. The molecule has 1 amide bonds. The average molecular weight is 420 g/mol. The van der Waals surface area contributed by atoms with Crippen molar-refractivity contribution in [2.45, 2.75) is 50.4 Å². The van der Waals surface area contributed by atoms with Gasteiger partial charge in [0.2, 0.25) is 5.91 Å². The summed E-state index contributed by atoms with van der Waals surface area (Å²) in [5.74, 6) is -0.991. The van der Waals surface area contributed by atoms with Crippen molar-refractivity contribution in [3.63, 3.8) is 0 Å². The number of aliphatic hydroxyl groups is 1. The third kappa shape index (κ3) is 4.29. The summed E-state index contributed by atoms with van der Waals surface area (Å²) < 4.78 is 69.2. The first-order valence-corrected chi connectivity index (χ1v) is 9.15. The number of aliphatic hydroxyl groups excluding tert-OH is 1. The maximum absolute atomic E-state index is 13.7. The molecule has 0 aromatic carbocycles. The number of hydrogen-bond donors (Lipinski definition) is 2. The molecule has 1 aromatic heterocycles. The van der Waals surface area contributed by atoms with E-state index in [0.29, 0.717) is 36.7 Å². The van der Waals surface area contributed by atoms with Crippen LogP contribution in [0, 0.1) is 5.92 Å². The van der Waals surface area contributed by atoms with Crippen molar-refractivity contribution in [1.82, 2.24) is 9.78 Å². The predicted molar refractivity (Wildman–Crippen MR) is 94.0 cm³/mol. The number of carbonyl (C=O) groups is 1. The summed E-state index contributed by atoms with van der Waals surface area (Å²) >= 11 is 0. The Morgan fingerprint density at radius 2 is 1.93 bits per heavy atom. The SMILES string of the molecule is NC(=O)C1C=CC=C(C(F)(F)F)N1c1cn(C2CCC(CO)CC2)nc1C(F)F. The molecule has 0 saturated heterocycles. The number of aromatic nitrogens is 2. The van der Waals surface area contributed by atoms with E-state index in [1.165, 1.54) is 4.68 Å². The Morgan fingerprint density at radius 3 is 2.45 bits per heavy atom. The van der Waals surface area contributed by atoms with Gasteiger partial charge >= 0.3 is 6.18 Å². The number of hydrogen-bond acceptors (Lipinski definition) is 4. The number of nitrogens with zero attached hydrogens (tertiary/aromatic N) is 3. The maximum Gasteiger partial charge on any atom is 0.431 e. The molecular weight excluding hydrogens is 399 g/mol. The van der Waals surface area contributed by atoms with E-state index in [9.17, 15) is 31.9 Å². The topological polar surface area (TPSA) is 84.4 Å². The normalized spacial score (nSPS) is 25.4. The van der Waals surface area contributed by atoms with E-state index in [-0.39, 0.29) is 18.6 Å². The minimum atomic E-state index is -4.89. The van der Waals surface area contributed by atoms with Crippen LogP contribution >= 0.6 is 0 Å². The van der Waals surface area contributed by atoms with E-state index >= 15 is 0 Å². The highest BCUT2D eigenvalue weighted by atomic mass is 19.4. The smallest absolute Gasteiger partial charge is 0.396 e.